The Kier molecular flexibility index (Phi) is 3.29. The summed E-state index contributed by atoms with van der Waals surface area (Å²) in [4.78, 5) is 14.3. The van der Waals surface area contributed by atoms with Crippen LogP contribution in [0.1, 0.15) is 33.1 Å². The Labute approximate surface area is 92.2 Å². The molecule has 1 aliphatic carbocycles. The van der Waals surface area contributed by atoms with Gasteiger partial charge in [0.15, 0.2) is 0 Å². The van der Waals surface area contributed by atoms with Crippen molar-refractivity contribution >= 4 is 5.91 Å². The van der Waals surface area contributed by atoms with Crippen LogP contribution in [0.2, 0.25) is 0 Å². The van der Waals surface area contributed by atoms with Crippen LogP contribution in [0.3, 0.4) is 0 Å². The van der Waals surface area contributed by atoms with Crippen LogP contribution in [0.25, 0.3) is 0 Å². The van der Waals surface area contributed by atoms with Gasteiger partial charge in [0.2, 0.25) is 5.91 Å². The summed E-state index contributed by atoms with van der Waals surface area (Å²) in [6, 6.07) is 0.458. The molecule has 1 saturated carbocycles. The fraction of sp³-hybridized carbons (Fsp3) is 0.917. The summed E-state index contributed by atoms with van der Waals surface area (Å²) in [5.41, 5.74) is 0. The molecule has 0 spiro atoms. The highest BCUT2D eigenvalue weighted by atomic mass is 16.2. The van der Waals surface area contributed by atoms with Crippen molar-refractivity contribution in [1.82, 2.24) is 10.2 Å². The lowest BCUT2D eigenvalue weighted by molar-refractivity contribution is -0.137. The lowest BCUT2D eigenvalue weighted by Crippen LogP contribution is -2.53. The van der Waals surface area contributed by atoms with Gasteiger partial charge < -0.3 is 10.2 Å². The van der Waals surface area contributed by atoms with E-state index in [-0.39, 0.29) is 0 Å². The molecule has 3 atom stereocenters. The van der Waals surface area contributed by atoms with Crippen LogP contribution in [0.4, 0.5) is 0 Å². The number of carbonyl (C=O) groups is 1. The molecule has 1 saturated heterocycles. The molecule has 1 amide bonds. The molecular weight excluding hydrogens is 188 g/mol. The standard InChI is InChI=1S/C12H22N2O/c1-9-4-3-5-11(9)12(15)14-7-6-13-10(2)8-14/h9-11,13H,3-8H2,1-2H3/t9?,10-,11?/m0/s1. The van der Waals surface area contributed by atoms with E-state index in [0.717, 1.165) is 26.1 Å². The lowest BCUT2D eigenvalue weighted by Gasteiger charge is -2.34. The molecule has 0 aromatic heterocycles. The van der Waals surface area contributed by atoms with Crippen LogP contribution < -0.4 is 5.32 Å². The number of piperazine rings is 1. The van der Waals surface area contributed by atoms with Crippen LogP contribution in [0.15, 0.2) is 0 Å². The Balaban J connectivity index is 1.94. The predicted molar refractivity (Wildman–Crippen MR) is 60.5 cm³/mol. The van der Waals surface area contributed by atoms with Gasteiger partial charge in [0.25, 0.3) is 0 Å². The first kappa shape index (κ1) is 10.9. The average Bonchev–Trinajstić information content (AvgIpc) is 2.63. The number of nitrogens with one attached hydrogen (secondary N) is 1. The van der Waals surface area contributed by atoms with Crippen molar-refractivity contribution in [2.75, 3.05) is 19.6 Å². The van der Waals surface area contributed by atoms with E-state index < -0.39 is 0 Å². The van der Waals surface area contributed by atoms with Crippen LogP contribution >= 0.6 is 0 Å². The molecule has 1 aliphatic heterocycles. The quantitative estimate of drug-likeness (QED) is 0.706. The molecule has 2 fully saturated rings. The molecule has 15 heavy (non-hydrogen) atoms. The first-order chi connectivity index (χ1) is 7.18. The van der Waals surface area contributed by atoms with Crippen LogP contribution in [0, 0.1) is 11.8 Å². The minimum absolute atomic E-state index is 0.315. The van der Waals surface area contributed by atoms with Crippen molar-refractivity contribution < 1.29 is 4.79 Å². The van der Waals surface area contributed by atoms with Crippen molar-refractivity contribution in [2.24, 2.45) is 11.8 Å². The van der Waals surface area contributed by atoms with E-state index in [2.05, 4.69) is 24.1 Å². The van der Waals surface area contributed by atoms with Gasteiger partial charge in [-0.3, -0.25) is 4.79 Å². The molecule has 3 heteroatoms. The van der Waals surface area contributed by atoms with Gasteiger partial charge in [-0.25, -0.2) is 0 Å². The van der Waals surface area contributed by atoms with E-state index in [1.807, 2.05) is 0 Å². The molecule has 2 rings (SSSR count). The zero-order valence-electron chi connectivity index (χ0n) is 9.83. The van der Waals surface area contributed by atoms with Gasteiger partial charge in [-0.15, -0.1) is 0 Å². The van der Waals surface area contributed by atoms with Gasteiger partial charge in [0.05, 0.1) is 0 Å². The van der Waals surface area contributed by atoms with Crippen molar-refractivity contribution in [3.05, 3.63) is 0 Å². The van der Waals surface area contributed by atoms with Gasteiger partial charge in [0, 0.05) is 31.6 Å². The summed E-state index contributed by atoms with van der Waals surface area (Å²) >= 11 is 0. The summed E-state index contributed by atoms with van der Waals surface area (Å²) in [7, 11) is 0. The number of rotatable bonds is 1. The first-order valence-corrected chi connectivity index (χ1v) is 6.20. The molecule has 0 bridgehead atoms. The Morgan fingerprint density at radius 1 is 1.33 bits per heavy atom. The molecule has 2 aliphatic rings. The van der Waals surface area contributed by atoms with Crippen LogP contribution in [-0.4, -0.2) is 36.5 Å². The average molecular weight is 210 g/mol. The summed E-state index contributed by atoms with van der Waals surface area (Å²) in [6.45, 7) is 7.11. The summed E-state index contributed by atoms with van der Waals surface area (Å²) in [5, 5.41) is 3.37. The van der Waals surface area contributed by atoms with Crippen molar-refractivity contribution in [3.63, 3.8) is 0 Å². The van der Waals surface area contributed by atoms with E-state index >= 15 is 0 Å². The predicted octanol–water partition coefficient (Wildman–Crippen LogP) is 1.24. The molecule has 86 valence electrons. The van der Waals surface area contributed by atoms with Crippen molar-refractivity contribution in [3.8, 4) is 0 Å². The SMILES string of the molecule is CC1CCCC1C(=O)N1CCN[C@@H](C)C1. The Morgan fingerprint density at radius 2 is 2.13 bits per heavy atom. The molecule has 2 unspecified atom stereocenters. The lowest BCUT2D eigenvalue weighted by atomic mass is 9.96. The third-order valence-corrected chi connectivity index (χ3v) is 3.86. The number of amides is 1. The van der Waals surface area contributed by atoms with Crippen molar-refractivity contribution in [2.45, 2.75) is 39.2 Å². The Morgan fingerprint density at radius 3 is 2.73 bits per heavy atom. The minimum Gasteiger partial charge on any atom is -0.340 e. The highest BCUT2D eigenvalue weighted by molar-refractivity contribution is 5.79. The molecule has 1 N–H and O–H groups in total. The summed E-state index contributed by atoms with van der Waals surface area (Å²) < 4.78 is 0. The maximum absolute atomic E-state index is 12.3. The van der Waals surface area contributed by atoms with E-state index in [1.165, 1.54) is 12.8 Å². The monoisotopic (exact) mass is 210 g/mol. The maximum Gasteiger partial charge on any atom is 0.226 e. The van der Waals surface area contributed by atoms with Crippen LogP contribution in [-0.2, 0) is 4.79 Å². The van der Waals surface area contributed by atoms with Crippen molar-refractivity contribution in [1.29, 1.82) is 0 Å². The molecule has 1 heterocycles. The molecular formula is C12H22N2O. The van der Waals surface area contributed by atoms with E-state index in [1.54, 1.807) is 0 Å². The highest BCUT2D eigenvalue weighted by Crippen LogP contribution is 2.32. The number of carbonyl (C=O) groups excluding carboxylic acids is 1. The van der Waals surface area contributed by atoms with Gasteiger partial charge in [-0.05, 0) is 25.7 Å². The molecule has 3 nitrogen and oxygen atoms in total. The number of nitrogens with zero attached hydrogens (tertiary/aromatic N) is 1. The summed E-state index contributed by atoms with van der Waals surface area (Å²) in [6.07, 6.45) is 3.58. The smallest absolute Gasteiger partial charge is 0.226 e. The van der Waals surface area contributed by atoms with Gasteiger partial charge in [-0.1, -0.05) is 13.3 Å². The molecule has 0 aromatic carbocycles. The van der Waals surface area contributed by atoms with E-state index in [9.17, 15) is 4.79 Å². The van der Waals surface area contributed by atoms with Gasteiger partial charge >= 0.3 is 0 Å². The van der Waals surface area contributed by atoms with Crippen LogP contribution in [0.5, 0.6) is 0 Å². The zero-order chi connectivity index (χ0) is 10.8. The third kappa shape index (κ3) is 2.33. The fourth-order valence-electron chi connectivity index (χ4n) is 2.88. The van der Waals surface area contributed by atoms with Gasteiger partial charge in [-0.2, -0.15) is 0 Å². The minimum atomic E-state index is 0.315. The Bertz CT molecular complexity index is 242. The topological polar surface area (TPSA) is 32.3 Å². The van der Waals surface area contributed by atoms with E-state index in [4.69, 9.17) is 0 Å². The second-order valence-corrected chi connectivity index (χ2v) is 5.15. The number of hydrogen-bond donors (Lipinski definition) is 1. The second-order valence-electron chi connectivity index (χ2n) is 5.15. The van der Waals surface area contributed by atoms with E-state index in [0.29, 0.717) is 23.8 Å². The normalized spacial score (nSPS) is 36.9. The number of hydrogen-bond acceptors (Lipinski definition) is 2. The highest BCUT2D eigenvalue weighted by Gasteiger charge is 2.33. The molecule has 0 radical (unpaired) electrons. The summed E-state index contributed by atoms with van der Waals surface area (Å²) in [5.74, 6) is 1.33. The Hall–Kier alpha value is -0.570. The first-order valence-electron chi connectivity index (χ1n) is 6.20. The molecule has 0 aromatic rings. The van der Waals surface area contributed by atoms with Gasteiger partial charge in [0.1, 0.15) is 0 Å². The third-order valence-electron chi connectivity index (χ3n) is 3.86. The maximum atomic E-state index is 12.3. The largest absolute Gasteiger partial charge is 0.340 e. The second kappa shape index (κ2) is 4.52. The fourth-order valence-corrected chi connectivity index (χ4v) is 2.88. The zero-order valence-corrected chi connectivity index (χ0v) is 9.83.